The molecule has 0 amide bonds. The first-order valence-electron chi connectivity index (χ1n) is 8.00. The highest BCUT2D eigenvalue weighted by Gasteiger charge is 2.27. The first-order valence-corrected chi connectivity index (χ1v) is 10.1. The molecule has 0 fully saturated rings. The van der Waals surface area contributed by atoms with Crippen LogP contribution in [0, 0.1) is 0 Å². The normalized spacial score (nSPS) is 20.0. The molecular formula is C17H27NO2S. The van der Waals surface area contributed by atoms with Crippen molar-refractivity contribution in [3.63, 3.8) is 0 Å². The number of rotatable bonds is 7. The van der Waals surface area contributed by atoms with Gasteiger partial charge in [-0.25, -0.2) is 8.42 Å². The molecule has 0 aromatic heterocycles. The molecule has 0 saturated carbocycles. The zero-order chi connectivity index (χ0) is 15.3. The van der Waals surface area contributed by atoms with Crippen LogP contribution in [0.4, 0.5) is 0 Å². The Morgan fingerprint density at radius 1 is 1.33 bits per heavy atom. The lowest BCUT2D eigenvalue weighted by Crippen LogP contribution is -2.38. The second-order valence-electron chi connectivity index (χ2n) is 6.18. The number of hydrogen-bond donors (Lipinski definition) is 1. The van der Waals surface area contributed by atoms with E-state index in [1.54, 1.807) is 0 Å². The molecular weight excluding hydrogens is 282 g/mol. The van der Waals surface area contributed by atoms with Crippen LogP contribution in [0.15, 0.2) is 24.3 Å². The Hall–Kier alpha value is -0.870. The van der Waals surface area contributed by atoms with Gasteiger partial charge in [0.25, 0.3) is 0 Å². The van der Waals surface area contributed by atoms with Crippen LogP contribution in [0.2, 0.25) is 0 Å². The molecule has 0 saturated heterocycles. The lowest BCUT2D eigenvalue weighted by Gasteiger charge is -2.33. The van der Waals surface area contributed by atoms with Gasteiger partial charge in [-0.05, 0) is 55.7 Å². The van der Waals surface area contributed by atoms with E-state index in [4.69, 9.17) is 0 Å². The summed E-state index contributed by atoms with van der Waals surface area (Å²) < 4.78 is 23.0. The highest BCUT2D eigenvalue weighted by atomic mass is 32.2. The third kappa shape index (κ3) is 4.82. The van der Waals surface area contributed by atoms with Crippen LogP contribution in [0.3, 0.4) is 0 Å². The van der Waals surface area contributed by atoms with Crippen molar-refractivity contribution in [2.75, 3.05) is 18.6 Å². The average Bonchev–Trinajstić information content (AvgIpc) is 2.46. The van der Waals surface area contributed by atoms with Crippen molar-refractivity contribution < 1.29 is 8.42 Å². The molecule has 21 heavy (non-hydrogen) atoms. The van der Waals surface area contributed by atoms with Gasteiger partial charge in [0.1, 0.15) is 9.84 Å². The monoisotopic (exact) mass is 309 g/mol. The third-order valence-corrected chi connectivity index (χ3v) is 5.33. The summed E-state index contributed by atoms with van der Waals surface area (Å²) >= 11 is 0. The Balaban J connectivity index is 2.16. The lowest BCUT2D eigenvalue weighted by molar-refractivity contribution is 0.383. The molecule has 0 heterocycles. The molecule has 1 aliphatic carbocycles. The van der Waals surface area contributed by atoms with Gasteiger partial charge in [-0.3, -0.25) is 0 Å². The molecule has 2 atom stereocenters. The van der Waals surface area contributed by atoms with E-state index in [2.05, 4.69) is 36.5 Å². The number of benzene rings is 1. The van der Waals surface area contributed by atoms with E-state index in [9.17, 15) is 8.42 Å². The van der Waals surface area contributed by atoms with E-state index in [1.165, 1.54) is 23.8 Å². The van der Waals surface area contributed by atoms with E-state index >= 15 is 0 Å². The summed E-state index contributed by atoms with van der Waals surface area (Å²) in [6.07, 6.45) is 6.62. The van der Waals surface area contributed by atoms with Gasteiger partial charge in [0.05, 0.1) is 5.75 Å². The average molecular weight is 309 g/mol. The minimum atomic E-state index is -2.90. The largest absolute Gasteiger partial charge is 0.313 e. The summed E-state index contributed by atoms with van der Waals surface area (Å²) in [6.45, 7) is 3.10. The van der Waals surface area contributed by atoms with Gasteiger partial charge in [-0.15, -0.1) is 0 Å². The van der Waals surface area contributed by atoms with Crippen LogP contribution < -0.4 is 5.32 Å². The predicted octanol–water partition coefficient (Wildman–Crippen LogP) is 2.91. The van der Waals surface area contributed by atoms with E-state index in [1.807, 2.05) is 0 Å². The smallest absolute Gasteiger partial charge is 0.147 e. The SMILES string of the molecule is CCCNC(CCS(C)(=O)=O)C1CCCc2ccccc21. The Kier molecular flexibility index (Phi) is 5.82. The predicted molar refractivity (Wildman–Crippen MR) is 88.5 cm³/mol. The topological polar surface area (TPSA) is 46.2 Å². The van der Waals surface area contributed by atoms with Gasteiger partial charge < -0.3 is 5.32 Å². The van der Waals surface area contributed by atoms with Gasteiger partial charge in [0, 0.05) is 12.3 Å². The molecule has 4 heteroatoms. The molecule has 1 N–H and O–H groups in total. The van der Waals surface area contributed by atoms with Crippen molar-refractivity contribution >= 4 is 9.84 Å². The van der Waals surface area contributed by atoms with Crippen molar-refractivity contribution in [1.82, 2.24) is 5.32 Å². The summed E-state index contributed by atoms with van der Waals surface area (Å²) in [5.74, 6) is 0.718. The first-order chi connectivity index (χ1) is 10.0. The fourth-order valence-corrected chi connectivity index (χ4v) is 4.01. The zero-order valence-electron chi connectivity index (χ0n) is 13.1. The highest BCUT2D eigenvalue weighted by molar-refractivity contribution is 7.90. The summed E-state index contributed by atoms with van der Waals surface area (Å²) in [7, 11) is -2.90. The lowest BCUT2D eigenvalue weighted by atomic mass is 9.78. The van der Waals surface area contributed by atoms with Gasteiger partial charge in [0.2, 0.25) is 0 Å². The van der Waals surface area contributed by atoms with E-state index in [-0.39, 0.29) is 11.8 Å². The fraction of sp³-hybridized carbons (Fsp3) is 0.647. The van der Waals surface area contributed by atoms with E-state index in [0.29, 0.717) is 12.3 Å². The maximum atomic E-state index is 11.5. The maximum absolute atomic E-state index is 11.5. The second kappa shape index (κ2) is 7.41. The number of nitrogens with one attached hydrogen (secondary N) is 1. The fourth-order valence-electron chi connectivity index (χ4n) is 3.33. The highest BCUT2D eigenvalue weighted by Crippen LogP contribution is 2.35. The van der Waals surface area contributed by atoms with E-state index in [0.717, 1.165) is 25.8 Å². The van der Waals surface area contributed by atoms with Crippen molar-refractivity contribution in [1.29, 1.82) is 0 Å². The van der Waals surface area contributed by atoms with Gasteiger partial charge >= 0.3 is 0 Å². The first kappa shape index (κ1) is 16.5. The van der Waals surface area contributed by atoms with Gasteiger partial charge in [-0.2, -0.15) is 0 Å². The number of hydrogen-bond acceptors (Lipinski definition) is 3. The van der Waals surface area contributed by atoms with Gasteiger partial charge in [-0.1, -0.05) is 31.2 Å². The van der Waals surface area contributed by atoms with Crippen molar-refractivity contribution in [2.24, 2.45) is 0 Å². The Labute approximate surface area is 129 Å². The molecule has 1 aromatic rings. The molecule has 0 bridgehead atoms. The van der Waals surface area contributed by atoms with Crippen LogP contribution in [0.25, 0.3) is 0 Å². The van der Waals surface area contributed by atoms with Crippen LogP contribution in [-0.2, 0) is 16.3 Å². The molecule has 2 unspecified atom stereocenters. The Morgan fingerprint density at radius 2 is 2.10 bits per heavy atom. The second-order valence-corrected chi connectivity index (χ2v) is 8.44. The molecule has 1 aliphatic rings. The summed E-state index contributed by atoms with van der Waals surface area (Å²) in [5.41, 5.74) is 2.86. The summed E-state index contributed by atoms with van der Waals surface area (Å²) in [4.78, 5) is 0. The molecule has 118 valence electrons. The summed E-state index contributed by atoms with van der Waals surface area (Å²) in [6, 6.07) is 8.91. The van der Waals surface area contributed by atoms with Crippen LogP contribution in [0.1, 0.15) is 49.7 Å². The zero-order valence-corrected chi connectivity index (χ0v) is 14.0. The third-order valence-electron chi connectivity index (χ3n) is 4.36. The minimum absolute atomic E-state index is 0.265. The molecule has 0 radical (unpaired) electrons. The quantitative estimate of drug-likeness (QED) is 0.842. The van der Waals surface area contributed by atoms with Crippen LogP contribution in [-0.4, -0.2) is 33.0 Å². The Morgan fingerprint density at radius 3 is 2.81 bits per heavy atom. The molecule has 1 aromatic carbocycles. The van der Waals surface area contributed by atoms with Crippen molar-refractivity contribution in [3.8, 4) is 0 Å². The molecule has 0 spiro atoms. The van der Waals surface area contributed by atoms with E-state index < -0.39 is 9.84 Å². The Bertz CT molecular complexity index is 554. The van der Waals surface area contributed by atoms with Crippen molar-refractivity contribution in [3.05, 3.63) is 35.4 Å². The van der Waals surface area contributed by atoms with Crippen molar-refractivity contribution in [2.45, 2.75) is 51.0 Å². The number of sulfone groups is 1. The molecule has 3 nitrogen and oxygen atoms in total. The number of fused-ring (bicyclic) bond motifs is 1. The molecule has 0 aliphatic heterocycles. The standard InChI is InChI=1S/C17H27NO2S/c1-3-12-18-17(11-13-21(2,19)20)16-10-6-8-14-7-4-5-9-15(14)16/h4-5,7,9,16-18H,3,6,8,10-13H2,1-2H3. The van der Waals surface area contributed by atoms with Gasteiger partial charge in [0.15, 0.2) is 0 Å². The number of aryl methyl sites for hydroxylation is 1. The maximum Gasteiger partial charge on any atom is 0.147 e. The molecule has 2 rings (SSSR count). The summed E-state index contributed by atoms with van der Waals surface area (Å²) in [5, 5.41) is 3.59. The van der Waals surface area contributed by atoms with Crippen LogP contribution >= 0.6 is 0 Å². The minimum Gasteiger partial charge on any atom is -0.313 e. The van der Waals surface area contributed by atoms with Crippen LogP contribution in [0.5, 0.6) is 0 Å².